The van der Waals surface area contributed by atoms with E-state index in [1.807, 2.05) is 0 Å². The third-order valence-electron chi connectivity index (χ3n) is 5.36. The van der Waals surface area contributed by atoms with E-state index in [1.54, 1.807) is 4.57 Å². The highest BCUT2D eigenvalue weighted by Gasteiger charge is 2.25. The zero-order chi connectivity index (χ0) is 17.1. The van der Waals surface area contributed by atoms with Gasteiger partial charge in [0.2, 0.25) is 5.88 Å². The number of hydrogen-bond acceptors (Lipinski definition) is 4. The molecule has 3 rings (SSSR count). The number of H-pyrrole nitrogens is 1. The van der Waals surface area contributed by atoms with Crippen LogP contribution in [0.25, 0.3) is 0 Å². The molecular weight excluding hydrogens is 324 g/mol. The summed E-state index contributed by atoms with van der Waals surface area (Å²) in [6.07, 6.45) is 11.3. The first-order valence-corrected chi connectivity index (χ1v) is 9.43. The summed E-state index contributed by atoms with van der Waals surface area (Å²) in [5.41, 5.74) is 4.00. The van der Waals surface area contributed by atoms with E-state index in [1.165, 1.54) is 19.1 Å². The lowest BCUT2D eigenvalue weighted by molar-refractivity contribution is -0.428. The Morgan fingerprint density at radius 2 is 1.83 bits per heavy atom. The summed E-state index contributed by atoms with van der Waals surface area (Å²) in [7, 11) is 0. The minimum Gasteiger partial charge on any atom is -0.494 e. The van der Waals surface area contributed by atoms with E-state index in [0.29, 0.717) is 4.77 Å². The van der Waals surface area contributed by atoms with E-state index in [-0.39, 0.29) is 35.1 Å². The Morgan fingerprint density at radius 3 is 2.54 bits per heavy atom. The molecule has 0 amide bonds. The molecule has 7 heteroatoms. The lowest BCUT2D eigenvalue weighted by Gasteiger charge is -2.26. The number of hydrogen-bond donors (Lipinski definition) is 3. The molecule has 0 aliphatic heterocycles. The van der Waals surface area contributed by atoms with Gasteiger partial charge in [-0.15, -0.1) is 0 Å². The summed E-state index contributed by atoms with van der Waals surface area (Å²) in [6, 6.07) is 0.564. The van der Waals surface area contributed by atoms with Crippen molar-refractivity contribution < 1.29 is 10.8 Å². The van der Waals surface area contributed by atoms with Crippen molar-refractivity contribution in [1.82, 2.24) is 9.55 Å². The average molecular weight is 351 g/mol. The van der Waals surface area contributed by atoms with Crippen LogP contribution < -0.4 is 11.3 Å². The summed E-state index contributed by atoms with van der Waals surface area (Å²) in [4.78, 5) is 19.5. The molecule has 0 spiro atoms. The molecule has 0 radical (unpaired) electrons. The SMILES string of the molecule is [NH3+][C@H]1CCCC[C@@H]1N=Cc1c(O)n(C2CCCCC2)c(=S)[nH]c1=O. The van der Waals surface area contributed by atoms with E-state index < -0.39 is 0 Å². The van der Waals surface area contributed by atoms with Crippen LogP contribution in [0.1, 0.15) is 69.4 Å². The molecule has 1 heterocycles. The Morgan fingerprint density at radius 1 is 1.17 bits per heavy atom. The highest BCUT2D eigenvalue weighted by atomic mass is 32.1. The van der Waals surface area contributed by atoms with Gasteiger partial charge in [-0.1, -0.05) is 25.7 Å². The van der Waals surface area contributed by atoms with Gasteiger partial charge >= 0.3 is 0 Å². The smallest absolute Gasteiger partial charge is 0.264 e. The average Bonchev–Trinajstić information content (AvgIpc) is 2.57. The Labute approximate surface area is 146 Å². The molecule has 1 aromatic heterocycles. The first kappa shape index (κ1) is 17.4. The Kier molecular flexibility index (Phi) is 5.50. The molecule has 0 saturated heterocycles. The quantitative estimate of drug-likeness (QED) is 0.574. The van der Waals surface area contributed by atoms with Crippen LogP contribution in [0.4, 0.5) is 0 Å². The molecule has 0 aromatic carbocycles. The highest BCUT2D eigenvalue weighted by molar-refractivity contribution is 7.71. The van der Waals surface area contributed by atoms with Crippen molar-refractivity contribution in [3.8, 4) is 5.88 Å². The number of rotatable bonds is 3. The topological polar surface area (TPSA) is 98.0 Å². The van der Waals surface area contributed by atoms with Gasteiger partial charge < -0.3 is 10.8 Å². The molecule has 0 bridgehead atoms. The normalized spacial score (nSPS) is 26.0. The lowest BCUT2D eigenvalue weighted by atomic mass is 9.91. The van der Waals surface area contributed by atoms with Crippen molar-refractivity contribution in [3.05, 3.63) is 20.7 Å². The van der Waals surface area contributed by atoms with Crippen LogP contribution in [0.15, 0.2) is 9.79 Å². The van der Waals surface area contributed by atoms with Crippen LogP contribution in [-0.2, 0) is 0 Å². The lowest BCUT2D eigenvalue weighted by Crippen LogP contribution is -2.66. The van der Waals surface area contributed by atoms with Gasteiger partial charge in [-0.3, -0.25) is 19.3 Å². The standard InChI is InChI=1S/C17H26N4O2S/c18-13-8-4-5-9-14(13)19-10-12-15(22)20-17(24)21(16(12)23)11-6-2-1-3-7-11/h10-11,13-14,23H,1-9,18H2,(H,20,22,24)/p+1/t13-,14-/m0/s1. The van der Waals surface area contributed by atoms with Gasteiger partial charge in [0.05, 0.1) is 0 Å². The van der Waals surface area contributed by atoms with Crippen molar-refractivity contribution in [2.24, 2.45) is 4.99 Å². The maximum absolute atomic E-state index is 12.2. The van der Waals surface area contributed by atoms with E-state index in [4.69, 9.17) is 12.2 Å². The molecule has 2 fully saturated rings. The van der Waals surface area contributed by atoms with Gasteiger partial charge in [-0.05, 0) is 37.9 Å². The first-order chi connectivity index (χ1) is 11.6. The minimum absolute atomic E-state index is 0.0455. The van der Waals surface area contributed by atoms with Crippen LogP contribution in [-0.4, -0.2) is 33.0 Å². The molecule has 2 aliphatic rings. The van der Waals surface area contributed by atoms with E-state index in [2.05, 4.69) is 15.7 Å². The van der Waals surface area contributed by atoms with Gasteiger partial charge in [0.25, 0.3) is 5.56 Å². The highest BCUT2D eigenvalue weighted by Crippen LogP contribution is 2.31. The summed E-state index contributed by atoms with van der Waals surface area (Å²) in [5, 5.41) is 10.7. The monoisotopic (exact) mass is 351 g/mol. The second kappa shape index (κ2) is 7.61. The number of quaternary nitrogens is 1. The van der Waals surface area contributed by atoms with Gasteiger partial charge in [0.15, 0.2) is 4.77 Å². The number of aromatic nitrogens is 2. The van der Waals surface area contributed by atoms with Gasteiger partial charge in [0.1, 0.15) is 17.6 Å². The molecule has 6 nitrogen and oxygen atoms in total. The third-order valence-corrected chi connectivity index (χ3v) is 5.66. The number of aromatic hydroxyl groups is 1. The Bertz CT molecular complexity index is 718. The van der Waals surface area contributed by atoms with Crippen LogP contribution in [0.2, 0.25) is 0 Å². The molecule has 0 unspecified atom stereocenters. The minimum atomic E-state index is -0.371. The maximum Gasteiger partial charge on any atom is 0.264 e. The van der Waals surface area contributed by atoms with E-state index >= 15 is 0 Å². The van der Waals surface area contributed by atoms with Gasteiger partial charge in [-0.25, -0.2) is 0 Å². The van der Waals surface area contributed by atoms with E-state index in [9.17, 15) is 9.90 Å². The summed E-state index contributed by atoms with van der Waals surface area (Å²) < 4.78 is 2.01. The number of aromatic amines is 1. The molecule has 1 aromatic rings. The molecule has 132 valence electrons. The summed E-state index contributed by atoms with van der Waals surface area (Å²) >= 11 is 5.29. The van der Waals surface area contributed by atoms with Crippen LogP contribution in [0.3, 0.4) is 0 Å². The van der Waals surface area contributed by atoms with Crippen LogP contribution >= 0.6 is 12.2 Å². The summed E-state index contributed by atoms with van der Waals surface area (Å²) in [6.45, 7) is 0. The van der Waals surface area contributed by atoms with E-state index in [0.717, 1.165) is 44.9 Å². The largest absolute Gasteiger partial charge is 0.494 e. The second-order valence-electron chi connectivity index (χ2n) is 7.05. The maximum atomic E-state index is 12.2. The zero-order valence-corrected chi connectivity index (χ0v) is 14.9. The predicted octanol–water partition coefficient (Wildman–Crippen LogP) is 2.09. The fraction of sp³-hybridized carbons (Fsp3) is 0.706. The molecule has 2 atom stereocenters. The Hall–Kier alpha value is -1.47. The number of aliphatic imine (C=N–C) groups is 1. The molecule has 2 aliphatic carbocycles. The van der Waals surface area contributed by atoms with Crippen LogP contribution in [0, 0.1) is 4.77 Å². The number of nitrogens with one attached hydrogen (secondary N) is 1. The fourth-order valence-electron chi connectivity index (χ4n) is 3.90. The van der Waals surface area contributed by atoms with Crippen molar-refractivity contribution >= 4 is 18.4 Å². The Balaban J connectivity index is 1.92. The van der Waals surface area contributed by atoms with Crippen LogP contribution in [0.5, 0.6) is 5.88 Å². The van der Waals surface area contributed by atoms with Gasteiger partial charge in [0, 0.05) is 18.7 Å². The van der Waals surface area contributed by atoms with Crippen molar-refractivity contribution in [3.63, 3.8) is 0 Å². The second-order valence-corrected chi connectivity index (χ2v) is 7.44. The molecule has 5 N–H and O–H groups in total. The molecular formula is C17H27N4O2S+. The van der Waals surface area contributed by atoms with Crippen molar-refractivity contribution in [2.75, 3.05) is 0 Å². The molecule has 24 heavy (non-hydrogen) atoms. The zero-order valence-electron chi connectivity index (χ0n) is 14.0. The fourth-order valence-corrected chi connectivity index (χ4v) is 4.23. The predicted molar refractivity (Wildman–Crippen MR) is 96.2 cm³/mol. The number of nitrogens with zero attached hydrogens (tertiary/aromatic N) is 2. The molecule has 2 saturated carbocycles. The van der Waals surface area contributed by atoms with Crippen molar-refractivity contribution in [2.45, 2.75) is 75.9 Å². The first-order valence-electron chi connectivity index (χ1n) is 9.02. The summed E-state index contributed by atoms with van der Waals surface area (Å²) in [5.74, 6) is -0.0455. The third kappa shape index (κ3) is 3.62. The van der Waals surface area contributed by atoms with Crippen molar-refractivity contribution in [1.29, 1.82) is 0 Å². The van der Waals surface area contributed by atoms with Gasteiger partial charge in [-0.2, -0.15) is 0 Å².